The lowest BCUT2D eigenvalue weighted by atomic mass is 9.99. The molecule has 1 aliphatic rings. The van der Waals surface area contributed by atoms with Crippen LogP contribution in [0, 0.1) is 30.3 Å². The third-order valence-electron chi connectivity index (χ3n) is 5.29. The molecule has 0 N–H and O–H groups in total. The third kappa shape index (κ3) is 3.61. The maximum Gasteiger partial charge on any atom is 0.284 e. The van der Waals surface area contributed by atoms with Crippen molar-refractivity contribution in [1.82, 2.24) is 0 Å². The molecule has 0 saturated heterocycles. The number of rotatable bonds is 6. The second kappa shape index (κ2) is 8.04. The molecule has 0 heterocycles. The van der Waals surface area contributed by atoms with Crippen LogP contribution < -0.4 is 9.47 Å². The number of hydrogen-bond donors (Lipinski definition) is 0. The summed E-state index contributed by atoms with van der Waals surface area (Å²) < 4.78 is 10.5. The Morgan fingerprint density at radius 2 is 1.36 bits per heavy atom. The maximum absolute atomic E-state index is 11.8. The molecule has 4 rings (SSSR count). The van der Waals surface area contributed by atoms with Crippen LogP contribution in [0.1, 0.15) is 16.7 Å². The van der Waals surface area contributed by atoms with Crippen molar-refractivity contribution in [2.45, 2.75) is 0 Å². The average Bonchev–Trinajstić information content (AvgIpc) is 3.10. The Morgan fingerprint density at radius 3 is 1.97 bits per heavy atom. The van der Waals surface area contributed by atoms with Gasteiger partial charge in [0, 0.05) is 23.8 Å². The molecule has 0 bridgehead atoms. The highest BCUT2D eigenvalue weighted by Gasteiger charge is 2.34. The zero-order chi connectivity index (χ0) is 23.9. The van der Waals surface area contributed by atoms with Gasteiger partial charge >= 0.3 is 0 Å². The van der Waals surface area contributed by atoms with Crippen LogP contribution in [0.15, 0.2) is 48.5 Å². The summed E-state index contributed by atoms with van der Waals surface area (Å²) in [5, 5.41) is 34.6. The molecule has 0 radical (unpaired) electrons. The van der Waals surface area contributed by atoms with E-state index >= 15 is 0 Å². The number of methoxy groups -OCH3 is 2. The van der Waals surface area contributed by atoms with Gasteiger partial charge in [0.2, 0.25) is 0 Å². The van der Waals surface area contributed by atoms with Gasteiger partial charge in [-0.1, -0.05) is 6.07 Å². The maximum atomic E-state index is 11.8. The van der Waals surface area contributed by atoms with Gasteiger partial charge in [-0.15, -0.1) is 0 Å². The highest BCUT2D eigenvalue weighted by atomic mass is 16.6. The Morgan fingerprint density at radius 1 is 0.697 bits per heavy atom. The number of nitro benzene ring substituents is 3. The van der Waals surface area contributed by atoms with Crippen molar-refractivity contribution in [2.24, 2.45) is 0 Å². The summed E-state index contributed by atoms with van der Waals surface area (Å²) in [6.07, 6.45) is 1.64. The van der Waals surface area contributed by atoms with Gasteiger partial charge in [0.15, 0.2) is 11.5 Å². The average molecular weight is 449 g/mol. The van der Waals surface area contributed by atoms with Gasteiger partial charge in [0.25, 0.3) is 17.1 Å². The van der Waals surface area contributed by atoms with Crippen LogP contribution in [-0.4, -0.2) is 29.0 Å². The van der Waals surface area contributed by atoms with Crippen molar-refractivity contribution in [1.29, 1.82) is 0 Å². The van der Waals surface area contributed by atoms with E-state index in [-0.39, 0.29) is 16.8 Å². The lowest BCUT2D eigenvalue weighted by molar-refractivity contribution is -0.393. The van der Waals surface area contributed by atoms with E-state index in [2.05, 4.69) is 0 Å². The van der Waals surface area contributed by atoms with Crippen LogP contribution >= 0.6 is 0 Å². The molecule has 0 aliphatic heterocycles. The zero-order valence-corrected chi connectivity index (χ0v) is 17.3. The summed E-state index contributed by atoms with van der Waals surface area (Å²) in [4.78, 5) is 32.6. The van der Waals surface area contributed by atoms with E-state index < -0.39 is 26.1 Å². The number of hydrogen-bond acceptors (Lipinski definition) is 8. The third-order valence-corrected chi connectivity index (χ3v) is 5.29. The van der Waals surface area contributed by atoms with Gasteiger partial charge in [-0.05, 0) is 46.5 Å². The SMILES string of the molecule is COc1ccc(/C=C2\c3cc([N+](=O)[O-])ccc3-c3c2cc([N+](=O)[O-])cc3[N+](=O)[O-])cc1OC. The van der Waals surface area contributed by atoms with Gasteiger partial charge in [0.1, 0.15) is 0 Å². The molecule has 0 spiro atoms. The minimum Gasteiger partial charge on any atom is -0.493 e. The van der Waals surface area contributed by atoms with Crippen LogP contribution in [0.3, 0.4) is 0 Å². The van der Waals surface area contributed by atoms with Crippen molar-refractivity contribution in [3.63, 3.8) is 0 Å². The topological polar surface area (TPSA) is 148 Å². The Kier molecular flexibility index (Phi) is 5.22. The number of ether oxygens (including phenoxy) is 2. The molecular formula is C22H15N3O8. The molecule has 0 aromatic heterocycles. The zero-order valence-electron chi connectivity index (χ0n) is 17.3. The minimum absolute atomic E-state index is 0.169. The first kappa shape index (κ1) is 21.4. The fraction of sp³-hybridized carbons (Fsp3) is 0.0909. The van der Waals surface area contributed by atoms with Crippen LogP contribution in [-0.2, 0) is 0 Å². The summed E-state index contributed by atoms with van der Waals surface area (Å²) in [6.45, 7) is 0. The Bertz CT molecular complexity index is 1380. The second-order valence-electron chi connectivity index (χ2n) is 7.06. The molecule has 1 aliphatic carbocycles. The molecule has 33 heavy (non-hydrogen) atoms. The van der Waals surface area contributed by atoms with Crippen molar-refractivity contribution >= 4 is 28.7 Å². The number of non-ortho nitro benzene ring substituents is 2. The van der Waals surface area contributed by atoms with E-state index in [0.29, 0.717) is 33.8 Å². The van der Waals surface area contributed by atoms with Gasteiger partial charge in [-0.2, -0.15) is 0 Å². The van der Waals surface area contributed by atoms with Gasteiger partial charge in [0.05, 0.1) is 40.6 Å². The molecule has 0 atom stereocenters. The van der Waals surface area contributed by atoms with Crippen molar-refractivity contribution in [3.05, 3.63) is 95.6 Å². The smallest absolute Gasteiger partial charge is 0.284 e. The molecular weight excluding hydrogens is 434 g/mol. The molecule has 0 unspecified atom stereocenters. The Hall–Kier alpha value is -4.80. The summed E-state index contributed by atoms with van der Waals surface area (Å²) in [5.41, 5.74) is 0.998. The first-order valence-electron chi connectivity index (χ1n) is 9.45. The monoisotopic (exact) mass is 449 g/mol. The van der Waals surface area contributed by atoms with Gasteiger partial charge in [-0.25, -0.2) is 0 Å². The molecule has 166 valence electrons. The quantitative estimate of drug-likeness (QED) is 0.295. The van der Waals surface area contributed by atoms with Crippen molar-refractivity contribution < 1.29 is 24.2 Å². The first-order chi connectivity index (χ1) is 15.7. The largest absolute Gasteiger partial charge is 0.493 e. The highest BCUT2D eigenvalue weighted by molar-refractivity contribution is 6.09. The number of fused-ring (bicyclic) bond motifs is 3. The fourth-order valence-corrected chi connectivity index (χ4v) is 3.85. The number of nitro groups is 3. The van der Waals surface area contributed by atoms with E-state index in [1.54, 1.807) is 24.3 Å². The number of benzene rings is 3. The molecule has 11 heteroatoms. The van der Waals surface area contributed by atoms with E-state index in [1.165, 1.54) is 38.5 Å². The number of nitrogens with zero attached hydrogens (tertiary/aromatic N) is 3. The highest BCUT2D eigenvalue weighted by Crippen LogP contribution is 2.51. The summed E-state index contributed by atoms with van der Waals surface area (Å²) in [7, 11) is 2.95. The summed E-state index contributed by atoms with van der Waals surface area (Å²) in [6, 6.07) is 11.1. The first-order valence-corrected chi connectivity index (χ1v) is 9.45. The summed E-state index contributed by atoms with van der Waals surface area (Å²) >= 11 is 0. The van der Waals surface area contributed by atoms with Crippen LogP contribution in [0.25, 0.3) is 22.8 Å². The van der Waals surface area contributed by atoms with Gasteiger partial charge in [-0.3, -0.25) is 30.3 Å². The Labute approximate surface area is 185 Å². The predicted molar refractivity (Wildman–Crippen MR) is 118 cm³/mol. The van der Waals surface area contributed by atoms with E-state index in [0.717, 1.165) is 6.07 Å². The van der Waals surface area contributed by atoms with E-state index in [9.17, 15) is 30.3 Å². The van der Waals surface area contributed by atoms with Crippen LogP contribution in [0.4, 0.5) is 17.1 Å². The second-order valence-corrected chi connectivity index (χ2v) is 7.06. The van der Waals surface area contributed by atoms with E-state index in [1.807, 2.05) is 0 Å². The minimum atomic E-state index is -0.716. The van der Waals surface area contributed by atoms with Crippen molar-refractivity contribution in [2.75, 3.05) is 14.2 Å². The lowest BCUT2D eigenvalue weighted by Gasteiger charge is -2.09. The van der Waals surface area contributed by atoms with Gasteiger partial charge < -0.3 is 9.47 Å². The molecule has 3 aromatic carbocycles. The lowest BCUT2D eigenvalue weighted by Crippen LogP contribution is -1.96. The predicted octanol–water partition coefficient (Wildman–Crippen LogP) is 5.00. The molecule has 0 fully saturated rings. The van der Waals surface area contributed by atoms with E-state index in [4.69, 9.17) is 9.47 Å². The van der Waals surface area contributed by atoms with Crippen molar-refractivity contribution in [3.8, 4) is 22.6 Å². The molecule has 3 aromatic rings. The van der Waals surface area contributed by atoms with Crippen LogP contribution in [0.2, 0.25) is 0 Å². The molecule has 0 saturated carbocycles. The fourth-order valence-electron chi connectivity index (χ4n) is 3.85. The van der Waals surface area contributed by atoms with Crippen LogP contribution in [0.5, 0.6) is 11.5 Å². The normalized spacial score (nSPS) is 12.7. The standard InChI is InChI=1S/C22H15N3O8/c1-32-20-6-3-12(8-21(20)33-2)7-16-17-9-13(23(26)27)4-5-15(17)22-18(16)10-14(24(28)29)11-19(22)25(30)31/h3-11H,1-2H3/b16-7+. The summed E-state index contributed by atoms with van der Waals surface area (Å²) in [5.74, 6) is 0.906. The molecule has 11 nitrogen and oxygen atoms in total. The Balaban J connectivity index is 2.05. The molecule has 0 amide bonds.